The van der Waals surface area contributed by atoms with E-state index >= 15 is 0 Å². The van der Waals surface area contributed by atoms with Crippen LogP contribution >= 0.6 is 0 Å². The Bertz CT molecular complexity index is 843. The van der Waals surface area contributed by atoms with Gasteiger partial charge >= 0.3 is 6.03 Å². The van der Waals surface area contributed by atoms with Gasteiger partial charge in [-0.05, 0) is 24.1 Å². The van der Waals surface area contributed by atoms with E-state index in [0.29, 0.717) is 6.07 Å². The second-order valence-corrected chi connectivity index (χ2v) is 5.34. The minimum absolute atomic E-state index is 0.0139. The third-order valence-electron chi connectivity index (χ3n) is 3.33. The number of anilines is 2. The number of benzene rings is 2. The molecule has 0 aliphatic carbocycles. The molecule has 0 heterocycles. The van der Waals surface area contributed by atoms with Crippen LogP contribution in [-0.4, -0.2) is 18.5 Å². The molecule has 0 atom stereocenters. The predicted octanol–water partition coefficient (Wildman–Crippen LogP) is 3.57. The van der Waals surface area contributed by atoms with E-state index in [4.69, 9.17) is 0 Å². The summed E-state index contributed by atoms with van der Waals surface area (Å²) in [6.45, 7) is 1.10. The van der Waals surface area contributed by atoms with Crippen molar-refractivity contribution in [2.75, 3.05) is 17.2 Å². The predicted molar refractivity (Wildman–Crippen MR) is 87.7 cm³/mol. The number of carbonyl (C=O) groups is 2. The highest BCUT2D eigenvalue weighted by atomic mass is 19.2. The standard InChI is InChI=1S/C17H15F4N3O2/c1-9(25)23-14-8-15(13(20)7-12(14)19)24-17(26)22-6-5-10-3-2-4-11(18)16(10)21/h2-4,7-8H,5-6H2,1H3,(H,23,25)(H2,22,24,26). The number of urea groups is 1. The van der Waals surface area contributed by atoms with Crippen molar-refractivity contribution in [3.8, 4) is 0 Å². The molecule has 0 aliphatic heterocycles. The van der Waals surface area contributed by atoms with Gasteiger partial charge in [0.2, 0.25) is 5.91 Å². The number of carbonyl (C=O) groups excluding carboxylic acids is 2. The van der Waals surface area contributed by atoms with E-state index < -0.39 is 35.2 Å². The van der Waals surface area contributed by atoms with E-state index in [1.807, 2.05) is 0 Å². The summed E-state index contributed by atoms with van der Waals surface area (Å²) in [5.41, 5.74) is -0.577. The van der Waals surface area contributed by atoms with Crippen molar-refractivity contribution in [2.24, 2.45) is 0 Å². The lowest BCUT2D eigenvalue weighted by Gasteiger charge is -2.11. The van der Waals surface area contributed by atoms with E-state index in [0.717, 1.165) is 19.1 Å². The lowest BCUT2D eigenvalue weighted by atomic mass is 10.1. The average molecular weight is 369 g/mol. The van der Waals surface area contributed by atoms with Gasteiger partial charge in [-0.3, -0.25) is 4.79 Å². The summed E-state index contributed by atoms with van der Waals surface area (Å²) in [5, 5.41) is 6.65. The molecule has 2 rings (SSSR count). The Balaban J connectivity index is 1.97. The Morgan fingerprint density at radius 2 is 1.58 bits per heavy atom. The van der Waals surface area contributed by atoms with Crippen LogP contribution in [-0.2, 0) is 11.2 Å². The molecule has 9 heteroatoms. The van der Waals surface area contributed by atoms with Crippen LogP contribution in [0.5, 0.6) is 0 Å². The van der Waals surface area contributed by atoms with Crippen molar-refractivity contribution >= 4 is 23.3 Å². The lowest BCUT2D eigenvalue weighted by Crippen LogP contribution is -2.31. The third kappa shape index (κ3) is 4.95. The van der Waals surface area contributed by atoms with E-state index in [-0.39, 0.29) is 29.9 Å². The first-order valence-corrected chi connectivity index (χ1v) is 7.52. The molecule has 2 aromatic carbocycles. The summed E-state index contributed by atoms with van der Waals surface area (Å²) in [6, 6.07) is 4.30. The second-order valence-electron chi connectivity index (χ2n) is 5.34. The fourth-order valence-corrected chi connectivity index (χ4v) is 2.15. The Kier molecular flexibility index (Phi) is 6.16. The van der Waals surface area contributed by atoms with Gasteiger partial charge in [0, 0.05) is 19.5 Å². The second kappa shape index (κ2) is 8.32. The molecule has 0 fully saturated rings. The molecule has 0 bridgehead atoms. The van der Waals surface area contributed by atoms with Crippen LogP contribution in [0.1, 0.15) is 12.5 Å². The maximum absolute atomic E-state index is 13.7. The van der Waals surface area contributed by atoms with Crippen LogP contribution in [0.4, 0.5) is 33.7 Å². The number of rotatable bonds is 5. The van der Waals surface area contributed by atoms with E-state index in [1.54, 1.807) is 0 Å². The first-order valence-electron chi connectivity index (χ1n) is 7.52. The van der Waals surface area contributed by atoms with Crippen LogP contribution in [0.3, 0.4) is 0 Å². The van der Waals surface area contributed by atoms with Crippen LogP contribution in [0, 0.1) is 23.3 Å². The van der Waals surface area contributed by atoms with E-state index in [9.17, 15) is 27.2 Å². The Hall–Kier alpha value is -3.10. The molecule has 0 spiro atoms. The number of nitrogens with one attached hydrogen (secondary N) is 3. The SMILES string of the molecule is CC(=O)Nc1cc(NC(=O)NCCc2cccc(F)c2F)c(F)cc1F. The van der Waals surface area contributed by atoms with Gasteiger partial charge in [0.1, 0.15) is 11.6 Å². The van der Waals surface area contributed by atoms with Crippen molar-refractivity contribution in [2.45, 2.75) is 13.3 Å². The van der Waals surface area contributed by atoms with Crippen molar-refractivity contribution < 1.29 is 27.2 Å². The zero-order valence-electron chi connectivity index (χ0n) is 13.6. The van der Waals surface area contributed by atoms with Crippen molar-refractivity contribution in [1.29, 1.82) is 0 Å². The van der Waals surface area contributed by atoms with Gasteiger partial charge in [0.25, 0.3) is 0 Å². The molecule has 2 aromatic rings. The molecule has 0 saturated carbocycles. The minimum Gasteiger partial charge on any atom is -0.338 e. The van der Waals surface area contributed by atoms with E-state index in [1.165, 1.54) is 12.1 Å². The molecule has 3 amide bonds. The highest BCUT2D eigenvalue weighted by Crippen LogP contribution is 2.23. The van der Waals surface area contributed by atoms with Gasteiger partial charge in [-0.2, -0.15) is 0 Å². The van der Waals surface area contributed by atoms with Crippen LogP contribution in [0.25, 0.3) is 0 Å². The molecule has 0 unspecified atom stereocenters. The fraction of sp³-hybridized carbons (Fsp3) is 0.176. The van der Waals surface area contributed by atoms with E-state index in [2.05, 4.69) is 16.0 Å². The summed E-state index contributed by atoms with van der Waals surface area (Å²) in [5.74, 6) is -4.60. The van der Waals surface area contributed by atoms with Gasteiger partial charge in [0.05, 0.1) is 11.4 Å². The first-order chi connectivity index (χ1) is 12.3. The molecular formula is C17H15F4N3O2. The topological polar surface area (TPSA) is 70.2 Å². The zero-order chi connectivity index (χ0) is 19.3. The summed E-state index contributed by atoms with van der Waals surface area (Å²) in [6.07, 6.45) is 0.0139. The maximum atomic E-state index is 13.7. The molecule has 0 radical (unpaired) electrons. The zero-order valence-corrected chi connectivity index (χ0v) is 13.6. The van der Waals surface area contributed by atoms with Crippen molar-refractivity contribution in [1.82, 2.24) is 5.32 Å². The molecule has 5 nitrogen and oxygen atoms in total. The Morgan fingerprint density at radius 3 is 2.23 bits per heavy atom. The number of halogens is 4. The molecular weight excluding hydrogens is 354 g/mol. The van der Waals surface area contributed by atoms with Gasteiger partial charge in [-0.25, -0.2) is 22.4 Å². The molecule has 0 aliphatic rings. The molecule has 138 valence electrons. The molecule has 26 heavy (non-hydrogen) atoms. The van der Waals surface area contributed by atoms with Crippen LogP contribution < -0.4 is 16.0 Å². The average Bonchev–Trinajstić information content (AvgIpc) is 2.55. The van der Waals surface area contributed by atoms with Crippen LogP contribution in [0.2, 0.25) is 0 Å². The quantitative estimate of drug-likeness (QED) is 0.706. The first kappa shape index (κ1) is 19.2. The Labute approximate surface area is 146 Å². The van der Waals surface area contributed by atoms with Gasteiger partial charge in [-0.1, -0.05) is 12.1 Å². The monoisotopic (exact) mass is 369 g/mol. The normalized spacial score (nSPS) is 10.3. The summed E-state index contributed by atoms with van der Waals surface area (Å²) in [7, 11) is 0. The molecule has 0 saturated heterocycles. The Morgan fingerprint density at radius 1 is 0.923 bits per heavy atom. The number of amides is 3. The lowest BCUT2D eigenvalue weighted by molar-refractivity contribution is -0.114. The largest absolute Gasteiger partial charge is 0.338 e. The summed E-state index contributed by atoms with van der Waals surface area (Å²) >= 11 is 0. The van der Waals surface area contributed by atoms with Crippen LogP contribution in [0.15, 0.2) is 30.3 Å². The van der Waals surface area contributed by atoms with Gasteiger partial charge in [-0.15, -0.1) is 0 Å². The number of hydrogen-bond donors (Lipinski definition) is 3. The highest BCUT2D eigenvalue weighted by molar-refractivity contribution is 5.92. The summed E-state index contributed by atoms with van der Waals surface area (Å²) < 4.78 is 53.8. The highest BCUT2D eigenvalue weighted by Gasteiger charge is 2.13. The molecule has 3 N–H and O–H groups in total. The van der Waals surface area contributed by atoms with Gasteiger partial charge in [0.15, 0.2) is 11.6 Å². The van der Waals surface area contributed by atoms with Crippen molar-refractivity contribution in [3.05, 3.63) is 59.2 Å². The fourth-order valence-electron chi connectivity index (χ4n) is 2.15. The number of hydrogen-bond acceptors (Lipinski definition) is 2. The minimum atomic E-state index is -1.04. The smallest absolute Gasteiger partial charge is 0.319 e. The third-order valence-corrected chi connectivity index (χ3v) is 3.33. The van der Waals surface area contributed by atoms with Crippen molar-refractivity contribution in [3.63, 3.8) is 0 Å². The summed E-state index contributed by atoms with van der Waals surface area (Å²) in [4.78, 5) is 22.8. The maximum Gasteiger partial charge on any atom is 0.319 e. The molecule has 0 aromatic heterocycles. The van der Waals surface area contributed by atoms with Gasteiger partial charge < -0.3 is 16.0 Å².